The van der Waals surface area contributed by atoms with E-state index >= 15 is 0 Å². The van der Waals surface area contributed by atoms with Crippen LogP contribution in [0.2, 0.25) is 0 Å². The summed E-state index contributed by atoms with van der Waals surface area (Å²) in [6, 6.07) is 17.0. The van der Waals surface area contributed by atoms with Gasteiger partial charge in [-0.15, -0.1) is 11.8 Å². The maximum absolute atomic E-state index is 9.60. The first-order chi connectivity index (χ1) is 9.24. The van der Waals surface area contributed by atoms with Gasteiger partial charge in [-0.3, -0.25) is 0 Å². The molecule has 98 valence electrons. The van der Waals surface area contributed by atoms with Crippen LogP contribution < -0.4 is 0 Å². The number of thioether (sulfide) groups is 1. The Bertz CT molecular complexity index is 577. The lowest BCUT2D eigenvalue weighted by Crippen LogP contribution is -2.18. The Morgan fingerprint density at radius 1 is 1.21 bits per heavy atom. The van der Waals surface area contributed by atoms with Gasteiger partial charge in [-0.2, -0.15) is 0 Å². The third-order valence-corrected chi connectivity index (χ3v) is 4.91. The number of benzene rings is 2. The average molecular weight is 270 g/mol. The molecule has 0 saturated carbocycles. The molecule has 0 aromatic heterocycles. The van der Waals surface area contributed by atoms with Gasteiger partial charge in [0.1, 0.15) is 0 Å². The molecule has 0 fully saturated rings. The zero-order chi connectivity index (χ0) is 13.2. The topological polar surface area (TPSA) is 20.2 Å². The van der Waals surface area contributed by atoms with E-state index in [1.165, 1.54) is 22.4 Å². The summed E-state index contributed by atoms with van der Waals surface area (Å²) in [5.74, 6) is 1.82. The lowest BCUT2D eigenvalue weighted by molar-refractivity contribution is 0.199. The van der Waals surface area contributed by atoms with E-state index in [2.05, 4.69) is 36.4 Å². The lowest BCUT2D eigenvalue weighted by atomic mass is 9.79. The maximum atomic E-state index is 9.60. The van der Waals surface area contributed by atoms with Crippen molar-refractivity contribution in [2.24, 2.45) is 0 Å². The Hall–Kier alpha value is -1.25. The van der Waals surface area contributed by atoms with Crippen LogP contribution in [0.15, 0.2) is 53.4 Å². The van der Waals surface area contributed by atoms with Crippen LogP contribution in [0.3, 0.4) is 0 Å². The highest BCUT2D eigenvalue weighted by atomic mass is 32.2. The fourth-order valence-corrected chi connectivity index (χ4v) is 3.66. The average Bonchev–Trinajstić information content (AvgIpc) is 2.40. The molecule has 1 aliphatic carbocycles. The molecule has 2 unspecified atom stereocenters. The van der Waals surface area contributed by atoms with E-state index in [0.717, 1.165) is 11.3 Å². The number of hydrogen-bond acceptors (Lipinski definition) is 2. The van der Waals surface area contributed by atoms with E-state index in [-0.39, 0.29) is 6.10 Å². The summed E-state index contributed by atoms with van der Waals surface area (Å²) in [7, 11) is 0. The predicted octanol–water partition coefficient (Wildman–Crippen LogP) is 4.17. The summed E-state index contributed by atoms with van der Waals surface area (Å²) >= 11 is 1.89. The second-order valence-corrected chi connectivity index (χ2v) is 6.25. The van der Waals surface area contributed by atoms with Gasteiger partial charge in [0.05, 0.1) is 6.10 Å². The van der Waals surface area contributed by atoms with Crippen molar-refractivity contribution in [3.63, 3.8) is 0 Å². The van der Waals surface area contributed by atoms with Crippen molar-refractivity contribution in [3.05, 3.63) is 65.2 Å². The van der Waals surface area contributed by atoms with Gasteiger partial charge in [0, 0.05) is 10.6 Å². The molecule has 0 amide bonds. The fraction of sp³-hybridized carbons (Fsp3) is 0.294. The molecule has 2 aromatic carbocycles. The van der Waals surface area contributed by atoms with Crippen LogP contribution in [0.5, 0.6) is 0 Å². The van der Waals surface area contributed by atoms with Crippen molar-refractivity contribution in [1.29, 1.82) is 0 Å². The Labute approximate surface area is 118 Å². The van der Waals surface area contributed by atoms with Crippen LogP contribution in [0, 0.1) is 0 Å². The smallest absolute Gasteiger partial charge is 0.0762 e. The highest BCUT2D eigenvalue weighted by Crippen LogP contribution is 2.38. The summed E-state index contributed by atoms with van der Waals surface area (Å²) in [6.45, 7) is 1.81. The van der Waals surface area contributed by atoms with E-state index in [0.29, 0.717) is 5.92 Å². The summed E-state index contributed by atoms with van der Waals surface area (Å²) in [4.78, 5) is 1.25. The first-order valence-corrected chi connectivity index (χ1v) is 7.71. The van der Waals surface area contributed by atoms with Crippen molar-refractivity contribution in [2.45, 2.75) is 30.3 Å². The van der Waals surface area contributed by atoms with Crippen molar-refractivity contribution in [3.8, 4) is 0 Å². The Morgan fingerprint density at radius 3 is 2.84 bits per heavy atom. The summed E-state index contributed by atoms with van der Waals surface area (Å²) in [6.07, 6.45) is 0.823. The van der Waals surface area contributed by atoms with Crippen molar-refractivity contribution in [1.82, 2.24) is 0 Å². The van der Waals surface area contributed by atoms with Gasteiger partial charge in [-0.25, -0.2) is 0 Å². The van der Waals surface area contributed by atoms with Crippen LogP contribution in [0.25, 0.3) is 0 Å². The van der Waals surface area contributed by atoms with Crippen LogP contribution in [-0.2, 0) is 6.42 Å². The minimum Gasteiger partial charge on any atom is -0.389 e. The van der Waals surface area contributed by atoms with Gasteiger partial charge < -0.3 is 5.11 Å². The molecule has 0 heterocycles. The first kappa shape index (κ1) is 12.8. The van der Waals surface area contributed by atoms with Gasteiger partial charge in [-0.05, 0) is 48.1 Å². The lowest BCUT2D eigenvalue weighted by Gasteiger charge is -2.29. The Balaban J connectivity index is 1.63. The second-order valence-electron chi connectivity index (χ2n) is 5.16. The molecule has 2 heteroatoms. The number of rotatable bonds is 4. The predicted molar refractivity (Wildman–Crippen MR) is 80.7 cm³/mol. The van der Waals surface area contributed by atoms with Crippen molar-refractivity contribution < 1.29 is 5.11 Å². The number of hydrogen-bond donors (Lipinski definition) is 1. The molecule has 2 aromatic rings. The highest BCUT2D eigenvalue weighted by Gasteiger charge is 2.25. The van der Waals surface area contributed by atoms with Gasteiger partial charge in [0.2, 0.25) is 0 Å². The molecular formula is C17H18OS. The first-order valence-electron chi connectivity index (χ1n) is 6.72. The van der Waals surface area contributed by atoms with Crippen molar-refractivity contribution in [2.75, 3.05) is 5.75 Å². The van der Waals surface area contributed by atoms with Crippen LogP contribution in [-0.4, -0.2) is 10.9 Å². The zero-order valence-electron chi connectivity index (χ0n) is 11.0. The molecule has 0 radical (unpaired) electrons. The van der Waals surface area contributed by atoms with Crippen LogP contribution >= 0.6 is 11.8 Å². The highest BCUT2D eigenvalue weighted by molar-refractivity contribution is 7.99. The molecule has 0 aliphatic heterocycles. The SMILES string of the molecule is CC(O)c1cccc(SCC2Cc3ccccc32)c1. The summed E-state index contributed by atoms with van der Waals surface area (Å²) < 4.78 is 0. The number of aliphatic hydroxyl groups is 1. The normalized spacial score (nSPS) is 18.5. The molecule has 0 bridgehead atoms. The minimum atomic E-state index is -0.384. The van der Waals surface area contributed by atoms with E-state index in [1.54, 1.807) is 0 Å². The molecule has 0 saturated heterocycles. The molecular weight excluding hydrogens is 252 g/mol. The third kappa shape index (κ3) is 2.70. The van der Waals surface area contributed by atoms with Crippen LogP contribution in [0.4, 0.5) is 0 Å². The quantitative estimate of drug-likeness (QED) is 0.841. The van der Waals surface area contributed by atoms with E-state index in [1.807, 2.05) is 30.8 Å². The summed E-state index contributed by atoms with van der Waals surface area (Å²) in [5, 5.41) is 9.60. The molecule has 19 heavy (non-hydrogen) atoms. The fourth-order valence-electron chi connectivity index (χ4n) is 2.57. The molecule has 2 atom stereocenters. The molecule has 1 N–H and O–H groups in total. The Kier molecular flexibility index (Phi) is 3.63. The van der Waals surface area contributed by atoms with E-state index < -0.39 is 0 Å². The number of aliphatic hydroxyl groups excluding tert-OH is 1. The third-order valence-electron chi connectivity index (χ3n) is 3.75. The molecule has 1 nitrogen and oxygen atoms in total. The summed E-state index contributed by atoms with van der Waals surface area (Å²) in [5.41, 5.74) is 4.02. The van der Waals surface area contributed by atoms with Gasteiger partial charge in [0.15, 0.2) is 0 Å². The molecule has 0 spiro atoms. The molecule has 3 rings (SSSR count). The molecule has 1 aliphatic rings. The monoisotopic (exact) mass is 270 g/mol. The van der Waals surface area contributed by atoms with Gasteiger partial charge in [0.25, 0.3) is 0 Å². The Morgan fingerprint density at radius 2 is 2.05 bits per heavy atom. The second kappa shape index (κ2) is 5.40. The van der Waals surface area contributed by atoms with Gasteiger partial charge >= 0.3 is 0 Å². The number of fused-ring (bicyclic) bond motifs is 1. The standard InChI is InChI=1S/C17H18OS/c1-12(18)13-6-4-7-16(10-13)19-11-15-9-14-5-2-3-8-17(14)15/h2-8,10,12,15,18H,9,11H2,1H3. The minimum absolute atomic E-state index is 0.384. The van der Waals surface area contributed by atoms with Crippen LogP contribution in [0.1, 0.15) is 35.6 Å². The van der Waals surface area contributed by atoms with Gasteiger partial charge in [-0.1, -0.05) is 36.4 Å². The van der Waals surface area contributed by atoms with E-state index in [4.69, 9.17) is 0 Å². The maximum Gasteiger partial charge on any atom is 0.0762 e. The largest absolute Gasteiger partial charge is 0.389 e. The zero-order valence-corrected chi connectivity index (χ0v) is 11.9. The van der Waals surface area contributed by atoms with E-state index in [9.17, 15) is 5.11 Å². The van der Waals surface area contributed by atoms with Crippen molar-refractivity contribution >= 4 is 11.8 Å².